The van der Waals surface area contributed by atoms with Gasteiger partial charge >= 0.3 is 0 Å². The van der Waals surface area contributed by atoms with Gasteiger partial charge in [0.25, 0.3) is 0 Å². The maximum Gasteiger partial charge on any atom is 0.161 e. The average Bonchev–Trinajstić information content (AvgIpc) is 2.89. The van der Waals surface area contributed by atoms with Crippen molar-refractivity contribution >= 4 is 16.7 Å². The lowest BCUT2D eigenvalue weighted by atomic mass is 9.92. The first-order chi connectivity index (χ1) is 17.4. The van der Waals surface area contributed by atoms with Gasteiger partial charge < -0.3 is 10.6 Å². The van der Waals surface area contributed by atoms with Gasteiger partial charge in [0.05, 0.1) is 16.7 Å². The standard InChI is InChI=1S/C28H36F2N4.C2H4.2CH4/c1-6-12-32-23(7-2)15-21(28(31-5)22-13-18(3)27(30)24(29)16-22)10-8-20-9-11-25-26(14-20)33-17-19(4)34-25;1-2;;/h9,11,13-14,16-17,23,31-32H,6-8,10,12,15H2,1-5H3;1-2H2;2*1H4/b28-21+;;;. The molecule has 4 nitrogen and oxygen atoms in total. The summed E-state index contributed by atoms with van der Waals surface area (Å²) in [7, 11) is 1.85. The zero-order valence-electron chi connectivity index (χ0n) is 22.3. The maximum atomic E-state index is 14.3. The predicted molar refractivity (Wildman–Crippen MR) is 161 cm³/mol. The number of nitrogens with zero attached hydrogens (tertiary/aromatic N) is 2. The van der Waals surface area contributed by atoms with E-state index in [0.717, 1.165) is 61.1 Å². The first-order valence-corrected chi connectivity index (χ1v) is 12.7. The van der Waals surface area contributed by atoms with Crippen molar-refractivity contribution in [2.45, 2.75) is 80.7 Å². The minimum absolute atomic E-state index is 0. The molecule has 3 aromatic rings. The molecule has 38 heavy (non-hydrogen) atoms. The van der Waals surface area contributed by atoms with Crippen LogP contribution in [0.2, 0.25) is 0 Å². The fourth-order valence-corrected chi connectivity index (χ4v) is 4.33. The third kappa shape index (κ3) is 9.32. The van der Waals surface area contributed by atoms with Gasteiger partial charge in [-0.25, -0.2) is 13.8 Å². The number of halogens is 2. The Morgan fingerprint density at radius 1 is 1.03 bits per heavy atom. The molecule has 1 atom stereocenters. The normalized spacial score (nSPS) is 11.9. The summed E-state index contributed by atoms with van der Waals surface area (Å²) in [5, 5.41) is 6.92. The van der Waals surface area contributed by atoms with Crippen LogP contribution in [0.5, 0.6) is 0 Å². The molecule has 1 heterocycles. The van der Waals surface area contributed by atoms with Gasteiger partial charge in [0.1, 0.15) is 0 Å². The highest BCUT2D eigenvalue weighted by Crippen LogP contribution is 2.27. The van der Waals surface area contributed by atoms with Crippen LogP contribution in [0, 0.1) is 25.5 Å². The van der Waals surface area contributed by atoms with Gasteiger partial charge in [0.2, 0.25) is 0 Å². The monoisotopic (exact) mass is 526 g/mol. The molecular weight excluding hydrogens is 478 g/mol. The molecule has 0 spiro atoms. The van der Waals surface area contributed by atoms with Crippen molar-refractivity contribution in [2.24, 2.45) is 0 Å². The Morgan fingerprint density at radius 2 is 1.74 bits per heavy atom. The van der Waals surface area contributed by atoms with Crippen LogP contribution in [0.1, 0.15) is 76.8 Å². The molecular formula is C32H48F2N4. The van der Waals surface area contributed by atoms with Crippen molar-refractivity contribution in [2.75, 3.05) is 13.6 Å². The van der Waals surface area contributed by atoms with Crippen LogP contribution < -0.4 is 10.6 Å². The predicted octanol–water partition coefficient (Wildman–Crippen LogP) is 8.33. The SMILES string of the molecule is C.C.C=C.CCCNC(CC)C/C(CCc1ccc2nc(C)cnc2c1)=C(/NC)c1cc(C)c(F)c(F)c1. The highest BCUT2D eigenvalue weighted by atomic mass is 19.2. The largest absolute Gasteiger partial charge is 0.388 e. The van der Waals surface area contributed by atoms with E-state index in [2.05, 4.69) is 59.7 Å². The highest BCUT2D eigenvalue weighted by molar-refractivity contribution is 5.75. The molecule has 0 amide bonds. The summed E-state index contributed by atoms with van der Waals surface area (Å²) in [5.74, 6) is -1.61. The molecule has 210 valence electrons. The van der Waals surface area contributed by atoms with Crippen LogP contribution in [0.4, 0.5) is 8.78 Å². The van der Waals surface area contributed by atoms with Gasteiger partial charge in [-0.1, -0.05) is 34.8 Å². The fraction of sp³-hybridized carbons (Fsp3) is 0.438. The van der Waals surface area contributed by atoms with Crippen molar-refractivity contribution in [1.82, 2.24) is 20.6 Å². The zero-order chi connectivity index (χ0) is 26.7. The lowest BCUT2D eigenvalue weighted by Gasteiger charge is -2.22. The van der Waals surface area contributed by atoms with Crippen LogP contribution in [-0.4, -0.2) is 29.6 Å². The number of fused-ring (bicyclic) bond motifs is 1. The molecule has 2 aromatic carbocycles. The Balaban J connectivity index is 0.00000334. The molecule has 0 aliphatic heterocycles. The molecule has 0 saturated heterocycles. The Labute approximate surface area is 229 Å². The van der Waals surface area contributed by atoms with E-state index in [4.69, 9.17) is 0 Å². The van der Waals surface area contributed by atoms with E-state index >= 15 is 0 Å². The van der Waals surface area contributed by atoms with Crippen molar-refractivity contribution in [3.63, 3.8) is 0 Å². The number of hydrogen-bond donors (Lipinski definition) is 2. The van der Waals surface area contributed by atoms with Crippen molar-refractivity contribution in [3.05, 3.63) is 89.3 Å². The zero-order valence-corrected chi connectivity index (χ0v) is 22.3. The second-order valence-corrected chi connectivity index (χ2v) is 8.92. The number of aryl methyl sites for hydroxylation is 3. The summed E-state index contributed by atoms with van der Waals surface area (Å²) in [5.41, 5.74) is 6.90. The first kappa shape index (κ1) is 34.9. The lowest BCUT2D eigenvalue weighted by molar-refractivity contribution is 0.487. The Bertz CT molecular complexity index is 1150. The number of aromatic nitrogens is 2. The maximum absolute atomic E-state index is 14.3. The third-order valence-corrected chi connectivity index (χ3v) is 6.21. The number of nitrogens with one attached hydrogen (secondary N) is 2. The van der Waals surface area contributed by atoms with Crippen LogP contribution in [0.25, 0.3) is 16.7 Å². The van der Waals surface area contributed by atoms with Crippen molar-refractivity contribution < 1.29 is 8.78 Å². The summed E-state index contributed by atoms with van der Waals surface area (Å²) < 4.78 is 28.2. The third-order valence-electron chi connectivity index (χ3n) is 6.21. The summed E-state index contributed by atoms with van der Waals surface area (Å²) in [6.45, 7) is 14.8. The van der Waals surface area contributed by atoms with Crippen molar-refractivity contribution in [1.29, 1.82) is 0 Å². The molecule has 0 radical (unpaired) electrons. The van der Waals surface area contributed by atoms with Gasteiger partial charge in [-0.15, -0.1) is 13.2 Å². The second-order valence-electron chi connectivity index (χ2n) is 8.92. The minimum Gasteiger partial charge on any atom is -0.388 e. The van der Waals surface area contributed by atoms with Crippen LogP contribution in [-0.2, 0) is 6.42 Å². The molecule has 3 rings (SSSR count). The molecule has 1 unspecified atom stereocenters. The second kappa shape index (κ2) is 17.4. The highest BCUT2D eigenvalue weighted by Gasteiger charge is 2.17. The molecule has 0 saturated carbocycles. The fourth-order valence-electron chi connectivity index (χ4n) is 4.33. The van der Waals surface area contributed by atoms with E-state index in [1.807, 2.05) is 20.0 Å². The summed E-state index contributed by atoms with van der Waals surface area (Å²) >= 11 is 0. The number of benzene rings is 2. The summed E-state index contributed by atoms with van der Waals surface area (Å²) in [4.78, 5) is 9.06. The van der Waals surface area contributed by atoms with Gasteiger partial charge in [-0.05, 0) is 93.5 Å². The van der Waals surface area contributed by atoms with E-state index in [-0.39, 0.29) is 14.9 Å². The molecule has 6 heteroatoms. The Kier molecular flexibility index (Phi) is 16.0. The molecule has 0 bridgehead atoms. The Morgan fingerprint density at radius 3 is 2.34 bits per heavy atom. The van der Waals surface area contributed by atoms with E-state index in [9.17, 15) is 8.78 Å². The quantitative estimate of drug-likeness (QED) is 0.247. The topological polar surface area (TPSA) is 49.8 Å². The lowest BCUT2D eigenvalue weighted by Crippen LogP contribution is -2.30. The number of hydrogen-bond acceptors (Lipinski definition) is 4. The smallest absolute Gasteiger partial charge is 0.161 e. The molecule has 1 aromatic heterocycles. The van der Waals surface area contributed by atoms with Crippen LogP contribution in [0.15, 0.2) is 55.3 Å². The van der Waals surface area contributed by atoms with Crippen molar-refractivity contribution in [3.8, 4) is 0 Å². The average molecular weight is 527 g/mol. The Hall–Kier alpha value is -3.12. The van der Waals surface area contributed by atoms with Gasteiger partial charge in [-0.2, -0.15) is 0 Å². The van der Waals surface area contributed by atoms with E-state index < -0.39 is 11.6 Å². The van der Waals surface area contributed by atoms with E-state index in [1.54, 1.807) is 19.2 Å². The van der Waals surface area contributed by atoms with Crippen LogP contribution in [0.3, 0.4) is 0 Å². The summed E-state index contributed by atoms with van der Waals surface area (Å²) in [6, 6.07) is 9.54. The molecule has 0 aliphatic rings. The summed E-state index contributed by atoms with van der Waals surface area (Å²) in [6.07, 6.45) is 6.28. The molecule has 2 N–H and O–H groups in total. The van der Waals surface area contributed by atoms with E-state index in [1.165, 1.54) is 17.2 Å². The van der Waals surface area contributed by atoms with Crippen LogP contribution >= 0.6 is 0 Å². The molecule has 0 aliphatic carbocycles. The van der Waals surface area contributed by atoms with Gasteiger partial charge in [0, 0.05) is 30.5 Å². The van der Waals surface area contributed by atoms with Gasteiger partial charge in [0.15, 0.2) is 11.6 Å². The molecule has 0 fully saturated rings. The van der Waals surface area contributed by atoms with E-state index in [0.29, 0.717) is 17.2 Å². The number of rotatable bonds is 11. The first-order valence-electron chi connectivity index (χ1n) is 12.7. The minimum atomic E-state index is -0.818. The van der Waals surface area contributed by atoms with Gasteiger partial charge in [-0.3, -0.25) is 4.98 Å².